The standard InChI is InChI=1S/C9H19N.C2H6/c1-5-9(10-4)7-6-8(2)3;1-2/h9-10H,2,5-7H2,1,3-4H3;1-2H3. The number of nitrogens with one attached hydrogen (secondary N) is 1. The van der Waals surface area contributed by atoms with E-state index in [0.717, 1.165) is 6.42 Å². The van der Waals surface area contributed by atoms with Crippen molar-refractivity contribution in [3.8, 4) is 0 Å². The van der Waals surface area contributed by atoms with E-state index >= 15 is 0 Å². The van der Waals surface area contributed by atoms with Crippen LogP contribution in [0, 0.1) is 0 Å². The first-order chi connectivity index (χ1) is 5.70. The van der Waals surface area contributed by atoms with Crippen molar-refractivity contribution in [3.63, 3.8) is 0 Å². The van der Waals surface area contributed by atoms with Gasteiger partial charge < -0.3 is 5.32 Å². The summed E-state index contributed by atoms with van der Waals surface area (Å²) in [6.07, 6.45) is 3.59. The lowest BCUT2D eigenvalue weighted by Crippen LogP contribution is -2.23. The zero-order chi connectivity index (χ0) is 9.98. The van der Waals surface area contributed by atoms with Gasteiger partial charge in [-0.25, -0.2) is 0 Å². The molecule has 0 bridgehead atoms. The van der Waals surface area contributed by atoms with E-state index in [1.165, 1.54) is 18.4 Å². The molecule has 0 rings (SSSR count). The monoisotopic (exact) mass is 171 g/mol. The number of allylic oxidation sites excluding steroid dienone is 1. The van der Waals surface area contributed by atoms with Crippen molar-refractivity contribution >= 4 is 0 Å². The Morgan fingerprint density at radius 3 is 2.17 bits per heavy atom. The highest BCUT2D eigenvalue weighted by Crippen LogP contribution is 2.06. The van der Waals surface area contributed by atoms with E-state index in [2.05, 4.69) is 25.7 Å². The van der Waals surface area contributed by atoms with Crippen LogP contribution in [0.3, 0.4) is 0 Å². The minimum absolute atomic E-state index is 0.677. The second-order valence-electron chi connectivity index (χ2n) is 2.89. The molecule has 0 saturated heterocycles. The van der Waals surface area contributed by atoms with Gasteiger partial charge in [0.15, 0.2) is 0 Å². The maximum atomic E-state index is 3.87. The molecule has 1 N–H and O–H groups in total. The SMILES string of the molecule is C=C(C)CCC(CC)NC.CC. The van der Waals surface area contributed by atoms with Gasteiger partial charge in [0.25, 0.3) is 0 Å². The Hall–Kier alpha value is -0.300. The topological polar surface area (TPSA) is 12.0 Å². The molecule has 12 heavy (non-hydrogen) atoms. The van der Waals surface area contributed by atoms with E-state index in [-0.39, 0.29) is 0 Å². The summed E-state index contributed by atoms with van der Waals surface area (Å²) in [6.45, 7) is 12.2. The van der Waals surface area contributed by atoms with Gasteiger partial charge in [-0.3, -0.25) is 0 Å². The summed E-state index contributed by atoms with van der Waals surface area (Å²) in [5.74, 6) is 0. The summed E-state index contributed by atoms with van der Waals surface area (Å²) >= 11 is 0. The molecule has 0 aromatic carbocycles. The zero-order valence-corrected chi connectivity index (χ0v) is 9.41. The van der Waals surface area contributed by atoms with Gasteiger partial charge in [-0.2, -0.15) is 0 Å². The van der Waals surface area contributed by atoms with Crippen LogP contribution in [0.4, 0.5) is 0 Å². The summed E-state index contributed by atoms with van der Waals surface area (Å²) in [6, 6.07) is 0.677. The van der Waals surface area contributed by atoms with Crippen molar-refractivity contribution in [2.24, 2.45) is 0 Å². The van der Waals surface area contributed by atoms with Crippen LogP contribution in [0.15, 0.2) is 12.2 Å². The Labute approximate surface area is 78.3 Å². The van der Waals surface area contributed by atoms with Gasteiger partial charge in [-0.05, 0) is 33.2 Å². The molecule has 0 radical (unpaired) electrons. The fraction of sp³-hybridized carbons (Fsp3) is 0.818. The number of hydrogen-bond donors (Lipinski definition) is 1. The van der Waals surface area contributed by atoms with Crippen LogP contribution in [0.2, 0.25) is 0 Å². The minimum atomic E-state index is 0.677. The first-order valence-electron chi connectivity index (χ1n) is 5.02. The van der Waals surface area contributed by atoms with Crippen LogP contribution in [0.5, 0.6) is 0 Å². The molecule has 0 aliphatic carbocycles. The molecule has 0 heterocycles. The van der Waals surface area contributed by atoms with E-state index in [4.69, 9.17) is 0 Å². The summed E-state index contributed by atoms with van der Waals surface area (Å²) in [4.78, 5) is 0. The van der Waals surface area contributed by atoms with E-state index in [9.17, 15) is 0 Å². The van der Waals surface area contributed by atoms with Crippen LogP contribution in [-0.4, -0.2) is 13.1 Å². The van der Waals surface area contributed by atoms with Crippen LogP contribution in [0.1, 0.15) is 47.0 Å². The maximum absolute atomic E-state index is 3.87. The van der Waals surface area contributed by atoms with Crippen molar-refractivity contribution < 1.29 is 0 Å². The smallest absolute Gasteiger partial charge is 0.00644 e. The van der Waals surface area contributed by atoms with Crippen molar-refractivity contribution in [3.05, 3.63) is 12.2 Å². The van der Waals surface area contributed by atoms with E-state index in [1.807, 2.05) is 20.9 Å². The summed E-state index contributed by atoms with van der Waals surface area (Å²) in [7, 11) is 2.02. The molecule has 0 aromatic heterocycles. The van der Waals surface area contributed by atoms with E-state index in [1.54, 1.807) is 0 Å². The van der Waals surface area contributed by atoms with Gasteiger partial charge in [0.05, 0.1) is 0 Å². The molecule has 0 aromatic rings. The van der Waals surface area contributed by atoms with Crippen LogP contribution >= 0.6 is 0 Å². The fourth-order valence-corrected chi connectivity index (χ4v) is 0.973. The molecule has 1 unspecified atom stereocenters. The highest BCUT2D eigenvalue weighted by molar-refractivity contribution is 4.88. The lowest BCUT2D eigenvalue weighted by atomic mass is 10.1. The highest BCUT2D eigenvalue weighted by Gasteiger charge is 2.00. The van der Waals surface area contributed by atoms with Crippen molar-refractivity contribution in [2.45, 2.75) is 53.0 Å². The molecule has 0 aliphatic rings. The molecule has 1 heteroatoms. The van der Waals surface area contributed by atoms with Crippen LogP contribution in [-0.2, 0) is 0 Å². The Morgan fingerprint density at radius 1 is 1.42 bits per heavy atom. The van der Waals surface area contributed by atoms with Gasteiger partial charge in [-0.1, -0.05) is 26.3 Å². The Kier molecular flexibility index (Phi) is 12.7. The quantitative estimate of drug-likeness (QED) is 0.625. The summed E-state index contributed by atoms with van der Waals surface area (Å²) in [5, 5.41) is 3.27. The number of hydrogen-bond acceptors (Lipinski definition) is 1. The minimum Gasteiger partial charge on any atom is -0.317 e. The van der Waals surface area contributed by atoms with Gasteiger partial charge >= 0.3 is 0 Å². The summed E-state index contributed by atoms with van der Waals surface area (Å²) in [5.41, 5.74) is 1.29. The molecule has 0 amide bonds. The third kappa shape index (κ3) is 9.70. The fourth-order valence-electron chi connectivity index (χ4n) is 0.973. The first-order valence-corrected chi connectivity index (χ1v) is 5.02. The molecule has 74 valence electrons. The van der Waals surface area contributed by atoms with Crippen LogP contribution in [0.25, 0.3) is 0 Å². The highest BCUT2D eigenvalue weighted by atomic mass is 14.9. The molecular weight excluding hydrogens is 146 g/mol. The van der Waals surface area contributed by atoms with Crippen molar-refractivity contribution in [1.82, 2.24) is 5.32 Å². The van der Waals surface area contributed by atoms with E-state index in [0.29, 0.717) is 6.04 Å². The molecule has 0 spiro atoms. The molecule has 1 nitrogen and oxygen atoms in total. The third-order valence-electron chi connectivity index (χ3n) is 1.82. The molecule has 0 fully saturated rings. The maximum Gasteiger partial charge on any atom is 0.00644 e. The average molecular weight is 171 g/mol. The van der Waals surface area contributed by atoms with Gasteiger partial charge in [0.2, 0.25) is 0 Å². The first kappa shape index (κ1) is 14.2. The van der Waals surface area contributed by atoms with Crippen LogP contribution < -0.4 is 5.32 Å². The molecule has 0 aliphatic heterocycles. The Bertz CT molecular complexity index is 93.2. The number of rotatable bonds is 5. The average Bonchev–Trinajstić information content (AvgIpc) is 2.09. The van der Waals surface area contributed by atoms with Gasteiger partial charge in [-0.15, -0.1) is 6.58 Å². The summed E-state index contributed by atoms with van der Waals surface area (Å²) < 4.78 is 0. The zero-order valence-electron chi connectivity index (χ0n) is 9.41. The largest absolute Gasteiger partial charge is 0.317 e. The predicted molar refractivity (Wildman–Crippen MR) is 58.5 cm³/mol. The lowest BCUT2D eigenvalue weighted by molar-refractivity contribution is 0.508. The predicted octanol–water partition coefficient (Wildman–Crippen LogP) is 3.37. The van der Waals surface area contributed by atoms with Crippen molar-refractivity contribution in [2.75, 3.05) is 7.05 Å². The van der Waals surface area contributed by atoms with Gasteiger partial charge in [0.1, 0.15) is 0 Å². The molecule has 0 saturated carbocycles. The molecule has 1 atom stereocenters. The second kappa shape index (κ2) is 10.7. The third-order valence-corrected chi connectivity index (χ3v) is 1.82. The molecular formula is C11H25N. The van der Waals surface area contributed by atoms with Crippen molar-refractivity contribution in [1.29, 1.82) is 0 Å². The van der Waals surface area contributed by atoms with E-state index < -0.39 is 0 Å². The Balaban J connectivity index is 0. The normalized spacial score (nSPS) is 11.4. The lowest BCUT2D eigenvalue weighted by Gasteiger charge is -2.12. The Morgan fingerprint density at radius 2 is 1.92 bits per heavy atom. The van der Waals surface area contributed by atoms with Gasteiger partial charge in [0, 0.05) is 6.04 Å². The second-order valence-corrected chi connectivity index (χ2v) is 2.89.